The van der Waals surface area contributed by atoms with Crippen LogP contribution in [-0.2, 0) is 6.42 Å². The molecule has 1 aromatic rings. The van der Waals surface area contributed by atoms with Crippen molar-refractivity contribution in [2.24, 2.45) is 0 Å². The molecule has 0 bridgehead atoms. The van der Waals surface area contributed by atoms with Crippen molar-refractivity contribution in [1.82, 2.24) is 4.98 Å². The van der Waals surface area contributed by atoms with Gasteiger partial charge in [-0.25, -0.2) is 0 Å². The second-order valence-corrected chi connectivity index (χ2v) is 4.90. The molecule has 1 rings (SSSR count). The predicted molar refractivity (Wildman–Crippen MR) is 75.2 cm³/mol. The molecule has 0 spiro atoms. The number of aromatic nitrogens is 1. The Morgan fingerprint density at radius 2 is 1.47 bits per heavy atom. The maximum atomic E-state index is 4.35. The Kier molecular flexibility index (Phi) is 8.62. The summed E-state index contributed by atoms with van der Waals surface area (Å²) in [5.41, 5.74) is 1.25. The molecule has 0 aliphatic heterocycles. The number of aryl methyl sites for hydroxylation is 1. The third-order valence-electron chi connectivity index (χ3n) is 3.26. The average molecular weight is 233 g/mol. The van der Waals surface area contributed by atoms with Gasteiger partial charge in [-0.05, 0) is 25.0 Å². The predicted octanol–water partition coefficient (Wildman–Crippen LogP) is 5.15. The van der Waals surface area contributed by atoms with Gasteiger partial charge < -0.3 is 0 Å². The summed E-state index contributed by atoms with van der Waals surface area (Å²) >= 11 is 0. The van der Waals surface area contributed by atoms with Crippen molar-refractivity contribution in [1.29, 1.82) is 0 Å². The van der Waals surface area contributed by atoms with Crippen LogP contribution in [0.4, 0.5) is 0 Å². The Labute approximate surface area is 107 Å². The van der Waals surface area contributed by atoms with E-state index >= 15 is 0 Å². The van der Waals surface area contributed by atoms with Gasteiger partial charge in [-0.2, -0.15) is 0 Å². The molecule has 1 nitrogen and oxygen atoms in total. The van der Waals surface area contributed by atoms with E-state index in [0.29, 0.717) is 0 Å². The highest BCUT2D eigenvalue weighted by atomic mass is 14.7. The first kappa shape index (κ1) is 14.2. The summed E-state index contributed by atoms with van der Waals surface area (Å²) in [5.74, 6) is 0. The second kappa shape index (κ2) is 10.3. The van der Waals surface area contributed by atoms with Crippen molar-refractivity contribution in [3.05, 3.63) is 30.1 Å². The lowest BCUT2D eigenvalue weighted by atomic mass is 10.1. The smallest absolute Gasteiger partial charge is 0.0403 e. The van der Waals surface area contributed by atoms with Crippen LogP contribution in [0.2, 0.25) is 0 Å². The monoisotopic (exact) mass is 233 g/mol. The lowest BCUT2D eigenvalue weighted by Crippen LogP contribution is -1.89. The van der Waals surface area contributed by atoms with Crippen molar-refractivity contribution in [2.75, 3.05) is 0 Å². The van der Waals surface area contributed by atoms with E-state index in [2.05, 4.69) is 24.0 Å². The molecular formula is C16H27N. The van der Waals surface area contributed by atoms with Gasteiger partial charge in [-0.1, -0.05) is 64.4 Å². The molecule has 0 amide bonds. The number of hydrogen-bond donors (Lipinski definition) is 0. The summed E-state index contributed by atoms with van der Waals surface area (Å²) in [6, 6.07) is 6.20. The van der Waals surface area contributed by atoms with Gasteiger partial charge in [0, 0.05) is 11.9 Å². The van der Waals surface area contributed by atoms with Crippen LogP contribution in [0.5, 0.6) is 0 Å². The van der Waals surface area contributed by atoms with Gasteiger partial charge in [0.2, 0.25) is 0 Å². The zero-order valence-corrected chi connectivity index (χ0v) is 11.3. The molecule has 0 aliphatic carbocycles. The van der Waals surface area contributed by atoms with Crippen molar-refractivity contribution < 1.29 is 0 Å². The lowest BCUT2D eigenvalue weighted by Gasteiger charge is -2.02. The molecule has 0 aliphatic rings. The molecule has 1 heterocycles. The Morgan fingerprint density at radius 1 is 0.824 bits per heavy atom. The van der Waals surface area contributed by atoms with Gasteiger partial charge in [-0.3, -0.25) is 4.98 Å². The minimum atomic E-state index is 1.15. The summed E-state index contributed by atoms with van der Waals surface area (Å²) in [7, 11) is 0. The highest BCUT2D eigenvalue weighted by molar-refractivity contribution is 5.03. The molecule has 0 aromatic carbocycles. The molecule has 0 radical (unpaired) electrons. The third kappa shape index (κ3) is 7.95. The summed E-state index contributed by atoms with van der Waals surface area (Å²) in [6.07, 6.45) is 15.6. The zero-order chi connectivity index (χ0) is 12.2. The minimum Gasteiger partial charge on any atom is -0.261 e. The van der Waals surface area contributed by atoms with Crippen molar-refractivity contribution >= 4 is 0 Å². The molecule has 0 unspecified atom stereocenters. The molecule has 0 N–H and O–H groups in total. The first-order valence-electron chi connectivity index (χ1n) is 7.33. The van der Waals surface area contributed by atoms with Crippen molar-refractivity contribution in [3.8, 4) is 0 Å². The van der Waals surface area contributed by atoms with Crippen LogP contribution < -0.4 is 0 Å². The molecule has 1 aromatic heterocycles. The van der Waals surface area contributed by atoms with Crippen LogP contribution in [0.3, 0.4) is 0 Å². The van der Waals surface area contributed by atoms with Gasteiger partial charge >= 0.3 is 0 Å². The van der Waals surface area contributed by atoms with Crippen LogP contribution in [0, 0.1) is 0 Å². The summed E-state index contributed by atoms with van der Waals surface area (Å²) in [6.45, 7) is 2.28. The van der Waals surface area contributed by atoms with Crippen LogP contribution in [0.15, 0.2) is 24.4 Å². The highest BCUT2D eigenvalue weighted by Crippen LogP contribution is 2.10. The minimum absolute atomic E-state index is 1.15. The third-order valence-corrected chi connectivity index (χ3v) is 3.26. The first-order valence-corrected chi connectivity index (χ1v) is 7.33. The van der Waals surface area contributed by atoms with Crippen LogP contribution in [-0.4, -0.2) is 4.98 Å². The first-order chi connectivity index (χ1) is 8.43. The van der Waals surface area contributed by atoms with E-state index in [1.807, 2.05) is 12.3 Å². The Bertz CT molecular complexity index is 255. The number of pyridine rings is 1. The van der Waals surface area contributed by atoms with Crippen molar-refractivity contribution in [3.63, 3.8) is 0 Å². The second-order valence-electron chi connectivity index (χ2n) is 4.90. The van der Waals surface area contributed by atoms with E-state index in [1.54, 1.807) is 0 Å². The quantitative estimate of drug-likeness (QED) is 0.509. The fourth-order valence-electron chi connectivity index (χ4n) is 2.16. The maximum Gasteiger partial charge on any atom is 0.0403 e. The lowest BCUT2D eigenvalue weighted by molar-refractivity contribution is 0.563. The molecule has 17 heavy (non-hydrogen) atoms. The van der Waals surface area contributed by atoms with E-state index < -0.39 is 0 Å². The normalized spacial score (nSPS) is 10.6. The number of hydrogen-bond acceptors (Lipinski definition) is 1. The Balaban J connectivity index is 1.85. The van der Waals surface area contributed by atoms with E-state index in [0.717, 1.165) is 6.42 Å². The number of nitrogens with zero attached hydrogens (tertiary/aromatic N) is 1. The van der Waals surface area contributed by atoms with Gasteiger partial charge in [0.05, 0.1) is 0 Å². The van der Waals surface area contributed by atoms with Crippen LogP contribution in [0.1, 0.15) is 70.4 Å². The van der Waals surface area contributed by atoms with Crippen LogP contribution >= 0.6 is 0 Å². The Morgan fingerprint density at radius 3 is 2.06 bits per heavy atom. The standard InChI is InChI=1S/C16H27N/c1-2-3-4-5-6-7-8-9-10-13-16-14-11-12-15-17-16/h11-12,14-15H,2-10,13H2,1H3. The van der Waals surface area contributed by atoms with Gasteiger partial charge in [0.15, 0.2) is 0 Å². The fraction of sp³-hybridized carbons (Fsp3) is 0.688. The van der Waals surface area contributed by atoms with Gasteiger partial charge in [0.25, 0.3) is 0 Å². The summed E-state index contributed by atoms with van der Waals surface area (Å²) in [5, 5.41) is 0. The van der Waals surface area contributed by atoms with Crippen LogP contribution in [0.25, 0.3) is 0 Å². The molecule has 0 fully saturated rings. The molecule has 96 valence electrons. The molecular weight excluding hydrogens is 206 g/mol. The zero-order valence-electron chi connectivity index (χ0n) is 11.3. The SMILES string of the molecule is CCCCCCCCCCCc1ccccn1. The Hall–Kier alpha value is -0.850. The van der Waals surface area contributed by atoms with Gasteiger partial charge in [-0.15, -0.1) is 0 Å². The highest BCUT2D eigenvalue weighted by Gasteiger charge is 1.94. The molecule has 0 saturated carbocycles. The van der Waals surface area contributed by atoms with Gasteiger partial charge in [0.1, 0.15) is 0 Å². The van der Waals surface area contributed by atoms with E-state index in [4.69, 9.17) is 0 Å². The fourth-order valence-corrected chi connectivity index (χ4v) is 2.16. The van der Waals surface area contributed by atoms with E-state index in [-0.39, 0.29) is 0 Å². The van der Waals surface area contributed by atoms with E-state index in [1.165, 1.54) is 63.5 Å². The topological polar surface area (TPSA) is 12.9 Å². The van der Waals surface area contributed by atoms with Crippen molar-refractivity contribution in [2.45, 2.75) is 71.1 Å². The molecule has 1 heteroatoms. The average Bonchev–Trinajstić information content (AvgIpc) is 2.38. The molecule has 0 atom stereocenters. The number of unbranched alkanes of at least 4 members (excludes halogenated alkanes) is 8. The largest absolute Gasteiger partial charge is 0.261 e. The summed E-state index contributed by atoms with van der Waals surface area (Å²) in [4.78, 5) is 4.35. The maximum absolute atomic E-state index is 4.35. The molecule has 0 saturated heterocycles. The number of rotatable bonds is 10. The summed E-state index contributed by atoms with van der Waals surface area (Å²) < 4.78 is 0. The van der Waals surface area contributed by atoms with E-state index in [9.17, 15) is 0 Å².